The van der Waals surface area contributed by atoms with Gasteiger partial charge < -0.3 is 10.1 Å². The maximum Gasteiger partial charge on any atom is 0.274 e. The Labute approximate surface area is 99.5 Å². The standard InChI is InChI=1S/C10H7ClN4O2/c11-8-2-7-10(17)13-6-1-5(4-16)3-12-9(6)15(7)14-8/h1-3,16H,4H2,(H,13,17). The molecule has 0 spiro atoms. The molecule has 0 amide bonds. The van der Waals surface area contributed by atoms with Gasteiger partial charge in [-0.15, -0.1) is 0 Å². The third kappa shape index (κ3) is 1.49. The van der Waals surface area contributed by atoms with Gasteiger partial charge in [0.1, 0.15) is 5.52 Å². The summed E-state index contributed by atoms with van der Waals surface area (Å²) in [7, 11) is 0. The molecule has 3 aromatic heterocycles. The maximum absolute atomic E-state index is 11.7. The van der Waals surface area contributed by atoms with Crippen molar-refractivity contribution in [3.05, 3.63) is 39.4 Å². The first-order valence-electron chi connectivity index (χ1n) is 4.86. The number of H-pyrrole nitrogens is 1. The highest BCUT2D eigenvalue weighted by Crippen LogP contribution is 2.14. The Kier molecular flexibility index (Phi) is 2.13. The fourth-order valence-electron chi connectivity index (χ4n) is 1.71. The van der Waals surface area contributed by atoms with Crippen molar-refractivity contribution in [3.8, 4) is 0 Å². The Morgan fingerprint density at radius 2 is 2.29 bits per heavy atom. The average molecular weight is 251 g/mol. The molecule has 2 N–H and O–H groups in total. The summed E-state index contributed by atoms with van der Waals surface area (Å²) >= 11 is 5.76. The number of halogens is 1. The molecular weight excluding hydrogens is 244 g/mol. The number of aromatic amines is 1. The van der Waals surface area contributed by atoms with E-state index in [9.17, 15) is 4.79 Å². The number of nitrogens with zero attached hydrogens (tertiary/aromatic N) is 3. The molecule has 6 nitrogen and oxygen atoms in total. The Morgan fingerprint density at radius 3 is 3.06 bits per heavy atom. The number of fused-ring (bicyclic) bond motifs is 3. The fourth-order valence-corrected chi connectivity index (χ4v) is 1.89. The van der Waals surface area contributed by atoms with E-state index in [4.69, 9.17) is 16.7 Å². The van der Waals surface area contributed by atoms with Crippen LogP contribution in [0.4, 0.5) is 0 Å². The molecule has 0 atom stereocenters. The lowest BCUT2D eigenvalue weighted by Gasteiger charge is -2.01. The van der Waals surface area contributed by atoms with E-state index < -0.39 is 0 Å². The van der Waals surface area contributed by atoms with Crippen LogP contribution in [0.5, 0.6) is 0 Å². The van der Waals surface area contributed by atoms with Gasteiger partial charge in [0, 0.05) is 12.3 Å². The maximum atomic E-state index is 11.7. The second-order valence-corrected chi connectivity index (χ2v) is 3.98. The summed E-state index contributed by atoms with van der Waals surface area (Å²) in [6, 6.07) is 3.13. The van der Waals surface area contributed by atoms with E-state index in [1.165, 1.54) is 16.8 Å². The molecule has 0 aliphatic rings. The molecule has 86 valence electrons. The first-order chi connectivity index (χ1) is 8.19. The third-order valence-corrected chi connectivity index (χ3v) is 2.65. The van der Waals surface area contributed by atoms with Crippen LogP contribution in [0.1, 0.15) is 5.56 Å². The van der Waals surface area contributed by atoms with Crippen LogP contribution in [0.2, 0.25) is 5.15 Å². The molecule has 0 aromatic carbocycles. The number of hydrogen-bond donors (Lipinski definition) is 2. The van der Waals surface area contributed by atoms with Gasteiger partial charge in [0.15, 0.2) is 10.8 Å². The molecule has 0 saturated carbocycles. The van der Waals surface area contributed by atoms with E-state index in [2.05, 4.69) is 15.1 Å². The van der Waals surface area contributed by atoms with Crippen LogP contribution < -0.4 is 5.56 Å². The van der Waals surface area contributed by atoms with E-state index in [0.29, 0.717) is 22.2 Å². The van der Waals surface area contributed by atoms with E-state index in [1.807, 2.05) is 0 Å². The summed E-state index contributed by atoms with van der Waals surface area (Å²) in [5, 5.41) is 13.2. The Hall–Kier alpha value is -1.92. The fraction of sp³-hybridized carbons (Fsp3) is 0.100. The Balaban J connectivity index is 2.52. The monoisotopic (exact) mass is 250 g/mol. The predicted molar refractivity (Wildman–Crippen MR) is 62.0 cm³/mol. The lowest BCUT2D eigenvalue weighted by atomic mass is 10.3. The van der Waals surface area contributed by atoms with Gasteiger partial charge in [-0.05, 0) is 11.6 Å². The molecule has 7 heteroatoms. The molecule has 3 heterocycles. The van der Waals surface area contributed by atoms with Crippen LogP contribution in [0.25, 0.3) is 16.7 Å². The van der Waals surface area contributed by atoms with Gasteiger partial charge >= 0.3 is 0 Å². The molecule has 0 unspecified atom stereocenters. The van der Waals surface area contributed by atoms with Crippen molar-refractivity contribution in [1.29, 1.82) is 0 Å². The van der Waals surface area contributed by atoms with E-state index >= 15 is 0 Å². The number of hydrogen-bond acceptors (Lipinski definition) is 4. The average Bonchev–Trinajstić information content (AvgIpc) is 2.71. The second kappa shape index (κ2) is 3.54. The molecular formula is C10H7ClN4O2. The van der Waals surface area contributed by atoms with Crippen molar-refractivity contribution in [3.63, 3.8) is 0 Å². The number of rotatable bonds is 1. The van der Waals surface area contributed by atoms with Crippen molar-refractivity contribution < 1.29 is 5.11 Å². The second-order valence-electron chi connectivity index (χ2n) is 3.59. The molecule has 0 saturated heterocycles. The molecule has 0 aliphatic heterocycles. The molecule has 0 bridgehead atoms. The normalized spacial score (nSPS) is 11.4. The van der Waals surface area contributed by atoms with Gasteiger partial charge in [-0.25, -0.2) is 9.50 Å². The van der Waals surface area contributed by atoms with Crippen LogP contribution in [-0.2, 0) is 6.61 Å². The quantitative estimate of drug-likeness (QED) is 0.667. The molecule has 17 heavy (non-hydrogen) atoms. The molecule has 3 aromatic rings. The van der Waals surface area contributed by atoms with Crippen molar-refractivity contribution in [2.24, 2.45) is 0 Å². The largest absolute Gasteiger partial charge is 0.392 e. The lowest BCUT2D eigenvalue weighted by Crippen LogP contribution is -2.11. The van der Waals surface area contributed by atoms with Crippen LogP contribution in [0.15, 0.2) is 23.1 Å². The van der Waals surface area contributed by atoms with Gasteiger partial charge in [-0.2, -0.15) is 5.10 Å². The molecule has 0 radical (unpaired) electrons. The van der Waals surface area contributed by atoms with E-state index in [1.54, 1.807) is 6.07 Å². The molecule has 0 aliphatic carbocycles. The third-order valence-electron chi connectivity index (χ3n) is 2.47. The number of aliphatic hydroxyl groups excluding tert-OH is 1. The zero-order valence-electron chi connectivity index (χ0n) is 8.51. The van der Waals surface area contributed by atoms with Crippen molar-refractivity contribution in [2.75, 3.05) is 0 Å². The number of nitrogens with one attached hydrogen (secondary N) is 1. The summed E-state index contributed by atoms with van der Waals surface area (Å²) < 4.78 is 1.39. The summed E-state index contributed by atoms with van der Waals surface area (Å²) in [5.41, 5.74) is 1.66. The number of pyridine rings is 1. The van der Waals surface area contributed by atoms with Gasteiger partial charge in [-0.3, -0.25) is 4.79 Å². The SMILES string of the molecule is O=c1[nH]c2cc(CO)cnc2n2nc(Cl)cc12. The summed E-state index contributed by atoms with van der Waals surface area (Å²) in [6.45, 7) is -0.136. The van der Waals surface area contributed by atoms with Crippen LogP contribution in [-0.4, -0.2) is 24.7 Å². The predicted octanol–water partition coefficient (Wildman–Crippen LogP) is 0.716. The minimum Gasteiger partial charge on any atom is -0.392 e. The van der Waals surface area contributed by atoms with E-state index in [0.717, 1.165) is 0 Å². The van der Waals surface area contributed by atoms with Crippen molar-refractivity contribution >= 4 is 28.3 Å². The summed E-state index contributed by atoms with van der Waals surface area (Å²) in [5.74, 6) is 0. The van der Waals surface area contributed by atoms with Crippen LogP contribution in [0, 0.1) is 0 Å². The van der Waals surface area contributed by atoms with E-state index in [-0.39, 0.29) is 17.3 Å². The number of aromatic nitrogens is 4. The number of aliphatic hydroxyl groups is 1. The summed E-state index contributed by atoms with van der Waals surface area (Å²) in [4.78, 5) is 18.6. The zero-order chi connectivity index (χ0) is 12.0. The Bertz CT molecular complexity index is 777. The highest BCUT2D eigenvalue weighted by molar-refractivity contribution is 6.29. The minimum absolute atomic E-state index is 0.136. The first kappa shape index (κ1) is 10.2. The van der Waals surface area contributed by atoms with Gasteiger partial charge in [0.05, 0.1) is 12.1 Å². The topological polar surface area (TPSA) is 83.3 Å². The molecule has 3 rings (SSSR count). The highest BCUT2D eigenvalue weighted by atomic mass is 35.5. The van der Waals surface area contributed by atoms with Crippen molar-refractivity contribution in [1.82, 2.24) is 19.6 Å². The lowest BCUT2D eigenvalue weighted by molar-refractivity contribution is 0.281. The smallest absolute Gasteiger partial charge is 0.274 e. The van der Waals surface area contributed by atoms with Gasteiger partial charge in [0.25, 0.3) is 5.56 Å². The Morgan fingerprint density at radius 1 is 1.47 bits per heavy atom. The van der Waals surface area contributed by atoms with Crippen molar-refractivity contribution in [2.45, 2.75) is 6.61 Å². The van der Waals surface area contributed by atoms with Crippen LogP contribution in [0.3, 0.4) is 0 Å². The highest BCUT2D eigenvalue weighted by Gasteiger charge is 2.09. The summed E-state index contributed by atoms with van der Waals surface area (Å²) in [6.07, 6.45) is 1.52. The van der Waals surface area contributed by atoms with Gasteiger partial charge in [0.2, 0.25) is 0 Å². The van der Waals surface area contributed by atoms with Crippen LogP contribution >= 0.6 is 11.6 Å². The molecule has 0 fully saturated rings. The zero-order valence-corrected chi connectivity index (χ0v) is 9.27. The first-order valence-corrected chi connectivity index (χ1v) is 5.24. The minimum atomic E-state index is -0.297. The van der Waals surface area contributed by atoms with Gasteiger partial charge in [-0.1, -0.05) is 11.6 Å².